The number of amides is 1. The molecule has 0 fully saturated rings. The molecule has 1 aromatic heterocycles. The van der Waals surface area contributed by atoms with Crippen LogP contribution < -0.4 is 15.6 Å². The van der Waals surface area contributed by atoms with Gasteiger partial charge in [-0.25, -0.2) is 0 Å². The lowest BCUT2D eigenvalue weighted by Gasteiger charge is -2.09. The van der Waals surface area contributed by atoms with E-state index in [1.165, 1.54) is 19.2 Å². The van der Waals surface area contributed by atoms with E-state index in [0.717, 1.165) is 16.7 Å². The zero-order valence-corrected chi connectivity index (χ0v) is 15.1. The number of phenolic OH excluding ortho intramolecular Hbond substituents is 1. The third-order valence-electron chi connectivity index (χ3n) is 4.18. The van der Waals surface area contributed by atoms with Crippen LogP contribution in [-0.2, 0) is 6.54 Å². The van der Waals surface area contributed by atoms with Gasteiger partial charge < -0.3 is 20.1 Å². The van der Waals surface area contributed by atoms with E-state index in [4.69, 9.17) is 4.74 Å². The Morgan fingerprint density at radius 1 is 1.15 bits per heavy atom. The molecule has 0 aliphatic carbocycles. The van der Waals surface area contributed by atoms with Gasteiger partial charge in [0, 0.05) is 12.2 Å². The van der Waals surface area contributed by atoms with Gasteiger partial charge in [-0.05, 0) is 48.4 Å². The molecule has 0 aliphatic rings. The maximum Gasteiger partial charge on any atom is 0.261 e. The topological polar surface area (TPSA) is 91.4 Å². The number of hydrogen-bond acceptors (Lipinski definition) is 4. The van der Waals surface area contributed by atoms with Crippen LogP contribution in [0.3, 0.4) is 0 Å². The fourth-order valence-electron chi connectivity index (χ4n) is 2.74. The van der Waals surface area contributed by atoms with Crippen molar-refractivity contribution in [2.75, 3.05) is 7.11 Å². The normalized spacial score (nSPS) is 10.4. The van der Waals surface area contributed by atoms with Crippen LogP contribution in [0.15, 0.2) is 59.4 Å². The second-order valence-electron chi connectivity index (χ2n) is 6.17. The highest BCUT2D eigenvalue weighted by Gasteiger charge is 2.12. The Balaban J connectivity index is 1.74. The molecule has 6 heteroatoms. The summed E-state index contributed by atoms with van der Waals surface area (Å²) in [5.74, 6) is -0.128. The Kier molecular flexibility index (Phi) is 5.26. The second-order valence-corrected chi connectivity index (χ2v) is 6.17. The quantitative estimate of drug-likeness (QED) is 0.649. The average molecular weight is 364 g/mol. The first-order valence-corrected chi connectivity index (χ1v) is 8.42. The molecular weight excluding hydrogens is 344 g/mol. The van der Waals surface area contributed by atoms with Gasteiger partial charge in [-0.15, -0.1) is 0 Å². The molecule has 0 saturated carbocycles. The molecule has 0 radical (unpaired) electrons. The number of aryl methyl sites for hydroxylation is 1. The highest BCUT2D eigenvalue weighted by Crippen LogP contribution is 2.26. The van der Waals surface area contributed by atoms with Crippen molar-refractivity contribution >= 4 is 5.91 Å². The molecule has 2 aromatic carbocycles. The molecule has 138 valence electrons. The number of carbonyl (C=O) groups excluding carboxylic acids is 1. The predicted molar refractivity (Wildman–Crippen MR) is 103 cm³/mol. The van der Waals surface area contributed by atoms with Gasteiger partial charge in [0.2, 0.25) is 0 Å². The van der Waals surface area contributed by atoms with Crippen LogP contribution in [0.2, 0.25) is 0 Å². The summed E-state index contributed by atoms with van der Waals surface area (Å²) in [4.78, 5) is 27.4. The van der Waals surface area contributed by atoms with Crippen molar-refractivity contribution in [1.82, 2.24) is 10.3 Å². The van der Waals surface area contributed by atoms with Crippen LogP contribution in [0.1, 0.15) is 21.5 Å². The van der Waals surface area contributed by atoms with Crippen molar-refractivity contribution in [3.63, 3.8) is 0 Å². The molecule has 1 amide bonds. The molecule has 3 rings (SSSR count). The number of aromatic amines is 1. The molecule has 1 heterocycles. The number of rotatable bonds is 5. The highest BCUT2D eigenvalue weighted by molar-refractivity contribution is 5.94. The summed E-state index contributed by atoms with van der Waals surface area (Å²) in [5, 5.41) is 12.3. The van der Waals surface area contributed by atoms with E-state index in [9.17, 15) is 14.7 Å². The summed E-state index contributed by atoms with van der Waals surface area (Å²) in [7, 11) is 1.45. The maximum absolute atomic E-state index is 12.4. The first-order chi connectivity index (χ1) is 13.0. The molecule has 0 unspecified atom stereocenters. The summed E-state index contributed by atoms with van der Waals surface area (Å²) < 4.78 is 5.04. The number of nitrogens with one attached hydrogen (secondary N) is 2. The molecule has 3 N–H and O–H groups in total. The van der Waals surface area contributed by atoms with Crippen LogP contribution in [0, 0.1) is 6.92 Å². The number of pyridine rings is 1. The van der Waals surface area contributed by atoms with Gasteiger partial charge >= 0.3 is 0 Å². The Bertz CT molecular complexity index is 1040. The smallest absolute Gasteiger partial charge is 0.261 e. The minimum Gasteiger partial charge on any atom is -0.504 e. The molecule has 0 aliphatic heterocycles. The van der Waals surface area contributed by atoms with Crippen molar-refractivity contribution in [2.24, 2.45) is 0 Å². The summed E-state index contributed by atoms with van der Waals surface area (Å²) >= 11 is 0. The zero-order chi connectivity index (χ0) is 19.4. The number of carbonyl (C=O) groups is 1. The molecule has 27 heavy (non-hydrogen) atoms. The van der Waals surface area contributed by atoms with Gasteiger partial charge in [-0.3, -0.25) is 9.59 Å². The lowest BCUT2D eigenvalue weighted by Crippen LogP contribution is -2.29. The fraction of sp³-hybridized carbons (Fsp3) is 0.143. The van der Waals surface area contributed by atoms with Crippen molar-refractivity contribution in [3.8, 4) is 22.8 Å². The predicted octanol–water partition coefficient (Wildman–Crippen LogP) is 2.99. The van der Waals surface area contributed by atoms with Gasteiger partial charge in [0.05, 0.1) is 7.11 Å². The Hall–Kier alpha value is -3.54. The molecule has 0 bridgehead atoms. The van der Waals surface area contributed by atoms with Crippen LogP contribution in [0.25, 0.3) is 11.3 Å². The summed E-state index contributed by atoms with van der Waals surface area (Å²) in [6.07, 6.45) is 0. The second kappa shape index (κ2) is 7.78. The molecule has 0 atom stereocenters. The Labute approximate surface area is 156 Å². The van der Waals surface area contributed by atoms with Crippen molar-refractivity contribution in [1.29, 1.82) is 0 Å². The van der Waals surface area contributed by atoms with Gasteiger partial charge in [0.15, 0.2) is 11.5 Å². The summed E-state index contributed by atoms with van der Waals surface area (Å²) in [6, 6.07) is 15.8. The SMILES string of the molecule is COc1cc(CNC(=O)c2ccc(-c3cccc(C)c3)[nH]c2=O)ccc1O. The Morgan fingerprint density at radius 3 is 2.67 bits per heavy atom. The lowest BCUT2D eigenvalue weighted by atomic mass is 10.1. The summed E-state index contributed by atoms with van der Waals surface area (Å²) in [6.45, 7) is 2.18. The summed E-state index contributed by atoms with van der Waals surface area (Å²) in [5.41, 5.74) is 2.95. The first-order valence-electron chi connectivity index (χ1n) is 8.42. The molecule has 0 spiro atoms. The molecule has 6 nitrogen and oxygen atoms in total. The fourth-order valence-corrected chi connectivity index (χ4v) is 2.74. The van der Waals surface area contributed by atoms with Gasteiger partial charge in [-0.1, -0.05) is 29.8 Å². The largest absolute Gasteiger partial charge is 0.504 e. The van der Waals surface area contributed by atoms with Crippen LogP contribution >= 0.6 is 0 Å². The lowest BCUT2D eigenvalue weighted by molar-refractivity contribution is 0.0949. The van der Waals surface area contributed by atoms with Crippen molar-refractivity contribution in [3.05, 3.63) is 81.6 Å². The average Bonchev–Trinajstić information content (AvgIpc) is 2.67. The van der Waals surface area contributed by atoms with Crippen molar-refractivity contribution < 1.29 is 14.6 Å². The number of ether oxygens (including phenoxy) is 1. The Morgan fingerprint density at radius 2 is 1.96 bits per heavy atom. The van der Waals surface area contributed by atoms with Gasteiger partial charge in [0.25, 0.3) is 11.5 Å². The van der Waals surface area contributed by atoms with E-state index in [1.54, 1.807) is 18.2 Å². The van der Waals surface area contributed by atoms with Crippen LogP contribution in [0.4, 0.5) is 0 Å². The van der Waals surface area contributed by atoms with Gasteiger partial charge in [-0.2, -0.15) is 0 Å². The van der Waals surface area contributed by atoms with E-state index in [-0.39, 0.29) is 17.9 Å². The number of phenols is 1. The van der Waals surface area contributed by atoms with Crippen LogP contribution in [0.5, 0.6) is 11.5 Å². The third-order valence-corrected chi connectivity index (χ3v) is 4.18. The third kappa shape index (κ3) is 4.17. The number of methoxy groups -OCH3 is 1. The monoisotopic (exact) mass is 364 g/mol. The standard InChI is InChI=1S/C21H20N2O4/c1-13-4-3-5-15(10-13)17-8-7-16(21(26)23-17)20(25)22-12-14-6-9-18(24)19(11-14)27-2/h3-11,24H,12H2,1-2H3,(H,22,25)(H,23,26). The number of benzene rings is 2. The number of hydrogen-bond donors (Lipinski definition) is 3. The van der Waals surface area contributed by atoms with Gasteiger partial charge in [0.1, 0.15) is 5.56 Å². The minimum atomic E-state index is -0.473. The zero-order valence-electron chi connectivity index (χ0n) is 15.1. The van der Waals surface area contributed by atoms with E-state index >= 15 is 0 Å². The molecule has 0 saturated heterocycles. The number of H-pyrrole nitrogens is 1. The first kappa shape index (κ1) is 18.3. The van der Waals surface area contributed by atoms with Crippen LogP contribution in [-0.4, -0.2) is 23.1 Å². The number of aromatic nitrogens is 1. The van der Waals surface area contributed by atoms with E-state index in [1.807, 2.05) is 31.2 Å². The van der Waals surface area contributed by atoms with Crippen molar-refractivity contribution in [2.45, 2.75) is 13.5 Å². The molecule has 3 aromatic rings. The number of aromatic hydroxyl groups is 1. The van der Waals surface area contributed by atoms with E-state index < -0.39 is 11.5 Å². The molecular formula is C21H20N2O4. The van der Waals surface area contributed by atoms with E-state index in [2.05, 4.69) is 10.3 Å². The van der Waals surface area contributed by atoms with E-state index in [0.29, 0.717) is 11.4 Å². The highest BCUT2D eigenvalue weighted by atomic mass is 16.5. The maximum atomic E-state index is 12.4. The minimum absolute atomic E-state index is 0.0239.